The highest BCUT2D eigenvalue weighted by Gasteiger charge is 2.33. The standard InChI is InChI=1S/C45H78N5O17/c51-19-24-64-26-25-60-20-15-46-41(54)34-65-30-27-61-21-16-47-42(55)35-66-31-28-62-22-17-48-43(56)36-67-32-29-63-23-18-49-44(57)37-33-38(45(58)59)50-40(53)14-12-10-8-6-4-2-1-3-5-7-9-11-13-39(37)52/h37-38H,1-18,20-36H2,(H,46,54)(H,47,55)(H,48,56)(H,49,57)(H,50,53)(H,58,59)/t37?,38-/m0/s1. The molecule has 22 nitrogen and oxygen atoms in total. The Hall–Kier alpha value is -4.16. The molecule has 1 fully saturated rings. The molecule has 1 rings (SSSR count). The minimum Gasteiger partial charge on any atom is -0.480 e. The largest absolute Gasteiger partial charge is 0.480 e. The number of hydrogen-bond acceptors (Lipinski definition) is 16. The molecule has 0 aromatic carbocycles. The minimum absolute atomic E-state index is 0.0624. The van der Waals surface area contributed by atoms with Crippen molar-refractivity contribution in [3.63, 3.8) is 0 Å². The maximum atomic E-state index is 13.2. The van der Waals surface area contributed by atoms with Crippen LogP contribution in [0.1, 0.15) is 96.3 Å². The Morgan fingerprint density at radius 2 is 0.851 bits per heavy atom. The Bertz CT molecular complexity index is 1360. The molecule has 0 aromatic rings. The predicted octanol–water partition coefficient (Wildman–Crippen LogP) is 0.314. The molecule has 0 saturated carbocycles. The van der Waals surface area contributed by atoms with Gasteiger partial charge in [-0.25, -0.2) is 4.79 Å². The molecule has 1 unspecified atom stereocenters. The molecule has 1 aliphatic rings. The maximum Gasteiger partial charge on any atom is 0.326 e. The summed E-state index contributed by atoms with van der Waals surface area (Å²) in [7, 11) is 0. The van der Waals surface area contributed by atoms with Crippen LogP contribution in [0.3, 0.4) is 0 Å². The van der Waals surface area contributed by atoms with Gasteiger partial charge in [-0.3, -0.25) is 33.6 Å². The molecule has 1 saturated heterocycles. The fourth-order valence-electron chi connectivity index (χ4n) is 6.43. The van der Waals surface area contributed by atoms with E-state index in [2.05, 4.69) is 26.6 Å². The van der Waals surface area contributed by atoms with Crippen LogP contribution >= 0.6 is 0 Å². The number of ether oxygens (including phenoxy) is 8. The number of carboxylic acids is 1. The summed E-state index contributed by atoms with van der Waals surface area (Å²) >= 11 is 0. The number of Topliss-reactive ketones (excluding diaryl/α,β-unsaturated/α-hetero) is 1. The zero-order valence-corrected chi connectivity index (χ0v) is 39.4. The lowest BCUT2D eigenvalue weighted by atomic mass is 9.91. The van der Waals surface area contributed by atoms with Gasteiger partial charge in [0.2, 0.25) is 35.8 Å². The van der Waals surface area contributed by atoms with Crippen LogP contribution in [0.2, 0.25) is 0 Å². The van der Waals surface area contributed by atoms with E-state index in [4.69, 9.17) is 37.9 Å². The molecule has 0 bridgehead atoms. The molecule has 6 N–H and O–H groups in total. The third-order valence-electron chi connectivity index (χ3n) is 9.99. The van der Waals surface area contributed by atoms with E-state index < -0.39 is 29.7 Å². The number of carbonyl (C=O) groups excluding carboxylic acids is 7. The molecule has 0 spiro atoms. The zero-order chi connectivity index (χ0) is 48.8. The first-order valence-electron chi connectivity index (χ1n) is 23.7. The van der Waals surface area contributed by atoms with Gasteiger partial charge in [0.05, 0.1) is 85.2 Å². The molecule has 67 heavy (non-hydrogen) atoms. The second-order valence-electron chi connectivity index (χ2n) is 15.6. The third kappa shape index (κ3) is 38.5. The van der Waals surface area contributed by atoms with Crippen molar-refractivity contribution in [3.05, 3.63) is 0 Å². The summed E-state index contributed by atoms with van der Waals surface area (Å²) in [5, 5.41) is 22.9. The average molecular weight is 961 g/mol. The monoisotopic (exact) mass is 961 g/mol. The van der Waals surface area contributed by atoms with Crippen LogP contribution in [0.15, 0.2) is 0 Å². The zero-order valence-electron chi connectivity index (χ0n) is 39.4. The van der Waals surface area contributed by atoms with Gasteiger partial charge in [-0.15, -0.1) is 0 Å². The number of rotatable bonds is 34. The smallest absolute Gasteiger partial charge is 0.326 e. The number of ketones is 1. The second kappa shape index (κ2) is 44.4. The summed E-state index contributed by atoms with van der Waals surface area (Å²) < 4.78 is 42.2. The van der Waals surface area contributed by atoms with Crippen molar-refractivity contribution in [1.29, 1.82) is 0 Å². The van der Waals surface area contributed by atoms with Crippen molar-refractivity contribution < 1.29 is 81.4 Å². The van der Waals surface area contributed by atoms with Crippen molar-refractivity contribution in [2.45, 2.75) is 102 Å². The number of carboxylic acid groups (broad SMARTS) is 1. The SMILES string of the molecule is O=[C]COCCOCCNC(=O)COCCOCCNC(=O)COCCOCCNC(=O)COCCOCCNC(=O)C1C[C@@H](C(=O)O)NC(=O)CCCCCCCCCCCCCCC1=O. The van der Waals surface area contributed by atoms with Crippen LogP contribution < -0.4 is 26.6 Å². The second-order valence-corrected chi connectivity index (χ2v) is 15.6. The van der Waals surface area contributed by atoms with Crippen LogP contribution in [0.4, 0.5) is 0 Å². The van der Waals surface area contributed by atoms with Gasteiger partial charge in [-0.2, -0.15) is 0 Å². The number of nitrogens with one attached hydrogen (secondary N) is 5. The number of hydrogen-bond donors (Lipinski definition) is 6. The van der Waals surface area contributed by atoms with Crippen molar-refractivity contribution >= 4 is 47.6 Å². The van der Waals surface area contributed by atoms with E-state index in [1.807, 2.05) is 0 Å². The van der Waals surface area contributed by atoms with Gasteiger partial charge in [0.1, 0.15) is 38.3 Å². The van der Waals surface area contributed by atoms with Gasteiger partial charge in [-0.1, -0.05) is 64.2 Å². The van der Waals surface area contributed by atoms with Gasteiger partial charge in [0.15, 0.2) is 0 Å². The van der Waals surface area contributed by atoms with Gasteiger partial charge < -0.3 is 69.6 Å². The van der Waals surface area contributed by atoms with E-state index in [0.717, 1.165) is 44.9 Å². The summed E-state index contributed by atoms with van der Waals surface area (Å²) in [6.45, 7) is 2.76. The average Bonchev–Trinajstić information content (AvgIpc) is 3.30. The first-order chi connectivity index (χ1) is 32.6. The van der Waals surface area contributed by atoms with Gasteiger partial charge in [0.25, 0.3) is 0 Å². The normalized spacial score (nSPS) is 17.1. The lowest BCUT2D eigenvalue weighted by molar-refractivity contribution is -0.143. The van der Waals surface area contributed by atoms with Gasteiger partial charge in [0, 0.05) is 39.0 Å². The Morgan fingerprint density at radius 1 is 0.493 bits per heavy atom. The Labute approximate surface area is 395 Å². The van der Waals surface area contributed by atoms with Crippen LogP contribution in [0.5, 0.6) is 0 Å². The molecule has 1 aliphatic heterocycles. The van der Waals surface area contributed by atoms with Gasteiger partial charge >= 0.3 is 5.97 Å². The lowest BCUT2D eigenvalue weighted by Gasteiger charge is -2.21. The molecule has 22 heteroatoms. The minimum atomic E-state index is -1.37. The molecule has 385 valence electrons. The lowest BCUT2D eigenvalue weighted by Crippen LogP contribution is -2.46. The summed E-state index contributed by atoms with van der Waals surface area (Å²) in [5.74, 6) is -4.88. The summed E-state index contributed by atoms with van der Waals surface area (Å²) in [6, 6.07) is -1.37. The highest BCUT2D eigenvalue weighted by Crippen LogP contribution is 2.17. The predicted molar refractivity (Wildman–Crippen MR) is 242 cm³/mol. The molecule has 5 amide bonds. The van der Waals surface area contributed by atoms with Crippen LogP contribution in [0.25, 0.3) is 0 Å². The van der Waals surface area contributed by atoms with E-state index in [-0.39, 0.29) is 155 Å². The fourth-order valence-corrected chi connectivity index (χ4v) is 6.43. The molecule has 1 heterocycles. The quantitative estimate of drug-likeness (QED) is 0.0374. The summed E-state index contributed by atoms with van der Waals surface area (Å²) in [5.41, 5.74) is 0. The highest BCUT2D eigenvalue weighted by atomic mass is 16.5. The molecule has 2 atom stereocenters. The third-order valence-corrected chi connectivity index (χ3v) is 9.99. The first-order valence-corrected chi connectivity index (χ1v) is 23.7. The topological polar surface area (TPSA) is 291 Å². The van der Waals surface area contributed by atoms with Gasteiger partial charge in [-0.05, 0) is 19.3 Å². The van der Waals surface area contributed by atoms with Crippen molar-refractivity contribution in [2.24, 2.45) is 5.92 Å². The Balaban J connectivity index is 2.09. The van der Waals surface area contributed by atoms with E-state index in [1.165, 1.54) is 19.3 Å². The Kier molecular flexibility index (Phi) is 40.3. The number of amides is 5. The van der Waals surface area contributed by atoms with Crippen molar-refractivity contribution in [1.82, 2.24) is 26.6 Å². The molecular weight excluding hydrogens is 883 g/mol. The van der Waals surface area contributed by atoms with E-state index in [9.17, 15) is 43.5 Å². The molecular formula is C45H78N5O17. The van der Waals surface area contributed by atoms with Crippen molar-refractivity contribution in [3.8, 4) is 0 Å². The summed E-state index contributed by atoms with van der Waals surface area (Å²) in [6.07, 6.45) is 13.5. The summed E-state index contributed by atoms with van der Waals surface area (Å²) in [4.78, 5) is 96.7. The Morgan fingerprint density at radius 3 is 1.25 bits per heavy atom. The highest BCUT2D eigenvalue weighted by molar-refractivity contribution is 6.02. The van der Waals surface area contributed by atoms with Crippen molar-refractivity contribution in [2.75, 3.05) is 132 Å². The van der Waals surface area contributed by atoms with Crippen LogP contribution in [-0.2, 0) is 76.3 Å². The van der Waals surface area contributed by atoms with Crippen LogP contribution in [-0.4, -0.2) is 191 Å². The fraction of sp³-hybridized carbons (Fsp3) is 0.822. The van der Waals surface area contributed by atoms with E-state index >= 15 is 0 Å². The first kappa shape index (κ1) is 60.9. The molecule has 0 aliphatic carbocycles. The maximum absolute atomic E-state index is 13.2. The van der Waals surface area contributed by atoms with E-state index in [0.29, 0.717) is 32.6 Å². The number of carbonyl (C=O) groups is 7. The molecule has 0 aromatic heterocycles. The van der Waals surface area contributed by atoms with Crippen LogP contribution in [0, 0.1) is 5.92 Å². The van der Waals surface area contributed by atoms with E-state index in [1.54, 1.807) is 6.29 Å². The molecule has 1 radical (unpaired) electrons. The number of aliphatic carboxylic acids is 1.